The zero-order chi connectivity index (χ0) is 25.0. The summed E-state index contributed by atoms with van der Waals surface area (Å²) >= 11 is 0. The quantitative estimate of drug-likeness (QED) is 0.494. The number of aromatic nitrogens is 1. The van der Waals surface area contributed by atoms with Crippen LogP contribution in [-0.2, 0) is 18.2 Å². The number of aliphatic hydroxyl groups excluding tert-OH is 1. The zero-order valence-corrected chi connectivity index (χ0v) is 19.8. The molecule has 1 fully saturated rings. The molecule has 34 heavy (non-hydrogen) atoms. The van der Waals surface area contributed by atoms with Gasteiger partial charge in [-0.3, -0.25) is 4.57 Å². The SMILES string of the molecule is C=CCC1(O)CNCCOC1.CO.Cn1c(=O)oc2ccc(-c3ccc(CCC#N)cc3)cc21. The van der Waals surface area contributed by atoms with Gasteiger partial charge in [-0.25, -0.2) is 4.79 Å². The fourth-order valence-corrected chi connectivity index (χ4v) is 3.55. The Bertz CT molecular complexity index is 1130. The van der Waals surface area contributed by atoms with Crippen LogP contribution in [0.1, 0.15) is 18.4 Å². The number of hydrogen-bond donors (Lipinski definition) is 3. The number of nitrogens with one attached hydrogen (secondary N) is 1. The van der Waals surface area contributed by atoms with Crippen molar-refractivity contribution >= 4 is 11.1 Å². The summed E-state index contributed by atoms with van der Waals surface area (Å²) in [7, 11) is 2.70. The first-order valence-corrected chi connectivity index (χ1v) is 11.1. The summed E-state index contributed by atoms with van der Waals surface area (Å²) in [5.74, 6) is -0.353. The largest absolute Gasteiger partial charge is 0.419 e. The van der Waals surface area contributed by atoms with Crippen LogP contribution in [-0.4, -0.2) is 53.8 Å². The third-order valence-electron chi connectivity index (χ3n) is 5.38. The molecule has 0 amide bonds. The molecular formula is C26H33N3O5. The fourth-order valence-electron chi connectivity index (χ4n) is 3.55. The molecule has 0 bridgehead atoms. The Hall–Kier alpha value is -3.22. The van der Waals surface area contributed by atoms with Gasteiger partial charge in [0.15, 0.2) is 5.58 Å². The molecule has 1 aliphatic heterocycles. The number of hydrogen-bond acceptors (Lipinski definition) is 7. The van der Waals surface area contributed by atoms with Gasteiger partial charge in [0.1, 0.15) is 5.60 Å². The molecule has 1 atom stereocenters. The number of benzene rings is 2. The minimum atomic E-state index is -0.738. The van der Waals surface area contributed by atoms with Crippen molar-refractivity contribution in [1.82, 2.24) is 9.88 Å². The van der Waals surface area contributed by atoms with E-state index >= 15 is 0 Å². The third-order valence-corrected chi connectivity index (χ3v) is 5.38. The van der Waals surface area contributed by atoms with Crippen molar-refractivity contribution in [3.8, 4) is 17.2 Å². The average molecular weight is 468 g/mol. The van der Waals surface area contributed by atoms with Crippen molar-refractivity contribution in [2.24, 2.45) is 7.05 Å². The summed E-state index contributed by atoms with van der Waals surface area (Å²) in [4.78, 5) is 11.5. The predicted octanol–water partition coefficient (Wildman–Crippen LogP) is 2.78. The van der Waals surface area contributed by atoms with Crippen LogP contribution < -0.4 is 11.1 Å². The average Bonchev–Trinajstić information content (AvgIpc) is 3.00. The highest BCUT2D eigenvalue weighted by Crippen LogP contribution is 2.24. The minimum Gasteiger partial charge on any atom is -0.408 e. The summed E-state index contributed by atoms with van der Waals surface area (Å²) < 4.78 is 11.8. The van der Waals surface area contributed by atoms with Crippen LogP contribution in [0, 0.1) is 11.3 Å². The van der Waals surface area contributed by atoms with Gasteiger partial charge < -0.3 is 24.7 Å². The third kappa shape index (κ3) is 7.40. The molecule has 2 heterocycles. The normalized spacial score (nSPS) is 17.4. The van der Waals surface area contributed by atoms with E-state index in [0.29, 0.717) is 38.2 Å². The number of rotatable bonds is 5. The van der Waals surface area contributed by atoms with E-state index in [1.807, 2.05) is 42.5 Å². The number of nitriles is 1. The van der Waals surface area contributed by atoms with Gasteiger partial charge in [-0.05, 0) is 41.7 Å². The summed E-state index contributed by atoms with van der Waals surface area (Å²) in [5.41, 5.74) is 3.90. The van der Waals surface area contributed by atoms with Gasteiger partial charge in [-0.2, -0.15) is 5.26 Å². The Morgan fingerprint density at radius 3 is 2.62 bits per heavy atom. The fraction of sp³-hybridized carbons (Fsp3) is 0.385. The van der Waals surface area contributed by atoms with Crippen LogP contribution in [0.15, 0.2) is 64.3 Å². The van der Waals surface area contributed by atoms with Crippen LogP contribution in [0.4, 0.5) is 0 Å². The van der Waals surface area contributed by atoms with Gasteiger partial charge >= 0.3 is 5.76 Å². The van der Waals surface area contributed by atoms with Gasteiger partial charge in [0.2, 0.25) is 0 Å². The molecular weight excluding hydrogens is 434 g/mol. The van der Waals surface area contributed by atoms with Crippen LogP contribution in [0.2, 0.25) is 0 Å². The van der Waals surface area contributed by atoms with Crippen LogP contribution in [0.3, 0.4) is 0 Å². The standard InChI is InChI=1S/C17H14N2O2.C8H15NO2.CH4O/c1-19-15-11-14(8-9-16(15)21-17(19)20)13-6-4-12(5-7-13)3-2-10-18;1-2-3-8(10)6-9-4-5-11-7-8;1-2/h4-9,11H,2-3H2,1H3;2,9-10H,1,3-7H2;2H,1H3. The van der Waals surface area contributed by atoms with Gasteiger partial charge in [-0.15, -0.1) is 6.58 Å². The maximum atomic E-state index is 11.5. The van der Waals surface area contributed by atoms with Crippen molar-refractivity contribution in [2.75, 3.05) is 33.4 Å². The lowest BCUT2D eigenvalue weighted by molar-refractivity contribution is -0.0251. The molecule has 3 aromatic rings. The number of ether oxygens (including phenoxy) is 1. The van der Waals surface area contributed by atoms with E-state index in [0.717, 1.165) is 42.3 Å². The Kier molecular flexibility index (Phi) is 10.7. The monoisotopic (exact) mass is 467 g/mol. The van der Waals surface area contributed by atoms with Crippen LogP contribution >= 0.6 is 0 Å². The summed E-state index contributed by atoms with van der Waals surface area (Å²) in [6.07, 6.45) is 3.60. The highest BCUT2D eigenvalue weighted by atomic mass is 16.5. The van der Waals surface area contributed by atoms with Crippen molar-refractivity contribution in [2.45, 2.75) is 24.9 Å². The van der Waals surface area contributed by atoms with Crippen molar-refractivity contribution in [3.63, 3.8) is 0 Å². The molecule has 0 saturated carbocycles. The molecule has 1 aliphatic rings. The van der Waals surface area contributed by atoms with Gasteiger partial charge in [0.25, 0.3) is 0 Å². The molecule has 0 spiro atoms. The lowest BCUT2D eigenvalue weighted by Gasteiger charge is -2.23. The summed E-state index contributed by atoms with van der Waals surface area (Å²) in [6, 6.07) is 16.0. The van der Waals surface area contributed by atoms with E-state index in [-0.39, 0.29) is 5.76 Å². The maximum absolute atomic E-state index is 11.5. The zero-order valence-electron chi connectivity index (χ0n) is 19.8. The smallest absolute Gasteiger partial charge is 0.408 e. The number of aliphatic hydroxyl groups is 2. The number of aryl methyl sites for hydroxylation is 2. The molecule has 0 aliphatic carbocycles. The van der Waals surface area contributed by atoms with E-state index in [2.05, 4.69) is 18.0 Å². The Morgan fingerprint density at radius 1 is 1.24 bits per heavy atom. The minimum absolute atomic E-state index is 0.353. The molecule has 4 rings (SSSR count). The van der Waals surface area contributed by atoms with E-state index in [1.54, 1.807) is 13.1 Å². The molecule has 8 heteroatoms. The van der Waals surface area contributed by atoms with Crippen molar-refractivity contribution in [1.29, 1.82) is 5.26 Å². The Balaban J connectivity index is 0.000000266. The van der Waals surface area contributed by atoms with Gasteiger partial charge in [0, 0.05) is 33.7 Å². The second-order valence-electron chi connectivity index (χ2n) is 7.91. The molecule has 0 radical (unpaired) electrons. The van der Waals surface area contributed by atoms with Gasteiger partial charge in [-0.1, -0.05) is 36.4 Å². The molecule has 1 saturated heterocycles. The van der Waals surface area contributed by atoms with E-state index in [9.17, 15) is 9.90 Å². The first-order valence-electron chi connectivity index (χ1n) is 11.1. The van der Waals surface area contributed by atoms with Crippen molar-refractivity contribution in [3.05, 3.63) is 71.2 Å². The molecule has 1 unspecified atom stereocenters. The van der Waals surface area contributed by atoms with Gasteiger partial charge in [0.05, 0.1) is 24.8 Å². The molecule has 1 aromatic heterocycles. The number of fused-ring (bicyclic) bond motifs is 1. The van der Waals surface area contributed by atoms with Crippen LogP contribution in [0.25, 0.3) is 22.2 Å². The summed E-state index contributed by atoms with van der Waals surface area (Å²) in [5, 5.41) is 28.5. The number of nitrogens with zero attached hydrogens (tertiary/aromatic N) is 2. The highest BCUT2D eigenvalue weighted by Gasteiger charge is 2.26. The topological polar surface area (TPSA) is 121 Å². The lowest BCUT2D eigenvalue weighted by atomic mass is 10.0. The molecule has 182 valence electrons. The maximum Gasteiger partial charge on any atom is 0.419 e. The molecule has 8 nitrogen and oxygen atoms in total. The molecule has 2 aromatic carbocycles. The molecule has 3 N–H and O–H groups in total. The predicted molar refractivity (Wildman–Crippen MR) is 132 cm³/mol. The summed E-state index contributed by atoms with van der Waals surface area (Å²) in [6.45, 7) is 6.09. The van der Waals surface area contributed by atoms with Crippen molar-refractivity contribution < 1.29 is 19.4 Å². The first-order chi connectivity index (χ1) is 16.5. The first kappa shape index (κ1) is 27.0. The number of β-amino-alcohol motifs (C(OH)–C–C–N with tert-alkyl or cyclic N) is 1. The second kappa shape index (κ2) is 13.5. The van der Waals surface area contributed by atoms with E-state index < -0.39 is 5.60 Å². The Morgan fingerprint density at radius 2 is 1.94 bits per heavy atom. The van der Waals surface area contributed by atoms with E-state index in [1.165, 1.54) is 4.57 Å². The Labute approximate surface area is 199 Å². The lowest BCUT2D eigenvalue weighted by Crippen LogP contribution is -2.41. The second-order valence-corrected chi connectivity index (χ2v) is 7.91. The van der Waals surface area contributed by atoms with E-state index in [4.69, 9.17) is 19.5 Å². The number of oxazole rings is 1. The van der Waals surface area contributed by atoms with Crippen LogP contribution in [0.5, 0.6) is 0 Å². The highest BCUT2D eigenvalue weighted by molar-refractivity contribution is 5.80.